The third kappa shape index (κ3) is 21.1. The molecule has 0 N–H and O–H groups in total. The molecule has 27 nitrogen and oxygen atoms in total. The van der Waals surface area contributed by atoms with Gasteiger partial charge in [0.05, 0.1) is 69.8 Å². The van der Waals surface area contributed by atoms with Gasteiger partial charge in [-0.2, -0.15) is 69.4 Å². The number of hydrogen-bond donors (Lipinski definition) is 0. The smallest absolute Gasteiger partial charge is 0.419 e. The topological polar surface area (TPSA) is 208 Å². The molecule has 12 heterocycles. The molecule has 6 aromatic rings. The van der Waals surface area contributed by atoms with E-state index in [1.807, 2.05) is 35.8 Å². The molecule has 6 saturated heterocycles. The zero-order valence-corrected chi connectivity index (χ0v) is 71.0. The van der Waals surface area contributed by atoms with Gasteiger partial charge in [-0.05, 0) is 159 Å². The number of likely N-dealkylation sites (tertiary alicyclic amines) is 3. The number of benzene rings is 3. The van der Waals surface area contributed by atoms with Gasteiger partial charge in [-0.15, -0.1) is 0 Å². The minimum atomic E-state index is -4.73. The number of nitrogens with zero attached hydrogens (tertiary/aromatic N) is 21. The summed E-state index contributed by atoms with van der Waals surface area (Å²) in [5.74, 6) is -0.818. The standard InChI is InChI=1S/C29H33ClF3N7O2.2C29H33F4N7O2/c1-4-25(41)40-14-13-39(16-20(40)15-34-2)27-21-10-12-38(24-9-5-8-22(30)26(24)29(31,32)33)17-23(21)35-28(36-27)42-18-19-7-6-11-37(19)3;1-4-25(41)40-14-13-39(16-20(40)15-34-2)27-21-10-12-38(26-22(29(31,32)33)8-5-9-23(26)30)17-24(21)35-28(36-27)42-18-19-7-6-11-37(19)3;1-4-26(41)40-13-12-39(16-21(40)15-34-2)27-22-9-11-38(25-8-7-19(30)14-23(25)29(31,32)33)17-24(22)35-28(36-27)42-18-20-6-5-10-37(20)3/h2*4-5,8-9,19-20H,1,6-7,10-18H2,3H3;4,7-8,14,20-21H,1,5-6,9-13,15-18H2,3H3/t2*19-,20?;20-,21?/m000/s1. The van der Waals surface area contributed by atoms with Gasteiger partial charge >= 0.3 is 36.6 Å². The van der Waals surface area contributed by atoms with Crippen molar-refractivity contribution in [2.45, 2.75) is 132 Å². The first-order valence-electron chi connectivity index (χ1n) is 41.8. The van der Waals surface area contributed by atoms with Gasteiger partial charge < -0.3 is 87.5 Å². The molecule has 9 aliphatic heterocycles. The van der Waals surface area contributed by atoms with Gasteiger partial charge in [0, 0.05) is 119 Å². The van der Waals surface area contributed by atoms with Crippen LogP contribution in [0.1, 0.15) is 89.0 Å². The molecule has 6 fully saturated rings. The van der Waals surface area contributed by atoms with Gasteiger partial charge in [0.15, 0.2) is 0 Å². The van der Waals surface area contributed by atoms with E-state index in [9.17, 15) is 62.7 Å². The monoisotopic (exact) mass is 1780 g/mol. The lowest BCUT2D eigenvalue weighted by atomic mass is 10.0. The number of para-hydroxylation sites is 1. The number of fused-ring (bicyclic) bond motifs is 3. The van der Waals surface area contributed by atoms with Crippen molar-refractivity contribution in [2.75, 3.05) is 188 Å². The first kappa shape index (κ1) is 92.3. The van der Waals surface area contributed by atoms with Crippen molar-refractivity contribution in [2.24, 2.45) is 0 Å². The van der Waals surface area contributed by atoms with Crippen molar-refractivity contribution in [3.8, 4) is 18.0 Å². The van der Waals surface area contributed by atoms with E-state index in [2.05, 4.69) is 58.9 Å². The van der Waals surface area contributed by atoms with Gasteiger partial charge in [0.25, 0.3) is 0 Å². The number of rotatable bonds is 21. The van der Waals surface area contributed by atoms with E-state index in [0.29, 0.717) is 139 Å². The summed E-state index contributed by atoms with van der Waals surface area (Å²) in [6.07, 6.45) is -3.18. The summed E-state index contributed by atoms with van der Waals surface area (Å²) in [6, 6.07) is 9.75. The number of ether oxygens (including phenoxy) is 3. The van der Waals surface area contributed by atoms with E-state index >= 15 is 0 Å². The third-order valence-electron chi connectivity index (χ3n) is 24.8. The number of alkyl halides is 9. The van der Waals surface area contributed by atoms with Crippen LogP contribution < -0.4 is 43.6 Å². The highest BCUT2D eigenvalue weighted by atomic mass is 35.5. The summed E-state index contributed by atoms with van der Waals surface area (Å²) >= 11 is 6.03. The average Bonchev–Trinajstić information content (AvgIpc) is 0.875. The maximum absolute atomic E-state index is 14.9. The Kier molecular flexibility index (Phi) is 29.3. The number of anilines is 6. The van der Waals surface area contributed by atoms with Crippen molar-refractivity contribution in [1.29, 1.82) is 0 Å². The Morgan fingerprint density at radius 1 is 0.452 bits per heavy atom. The highest BCUT2D eigenvalue weighted by molar-refractivity contribution is 6.31. The van der Waals surface area contributed by atoms with Crippen LogP contribution in [0.2, 0.25) is 5.02 Å². The van der Waals surface area contributed by atoms with Crippen LogP contribution in [0.25, 0.3) is 14.5 Å². The highest BCUT2D eigenvalue weighted by Gasteiger charge is 2.45. The third-order valence-corrected chi connectivity index (χ3v) is 25.1. The Morgan fingerprint density at radius 3 is 1.18 bits per heavy atom. The maximum Gasteiger partial charge on any atom is 0.419 e. The van der Waals surface area contributed by atoms with E-state index in [-0.39, 0.29) is 141 Å². The normalized spacial score (nSPS) is 21.2. The van der Waals surface area contributed by atoms with E-state index in [1.165, 1.54) is 41.3 Å². The molecule has 3 unspecified atom stereocenters. The molecule has 39 heteroatoms. The molecule has 0 aliphatic carbocycles. The Bertz CT molecular complexity index is 5110. The van der Waals surface area contributed by atoms with Crippen molar-refractivity contribution in [3.05, 3.63) is 194 Å². The van der Waals surface area contributed by atoms with Gasteiger partial charge in [-0.3, -0.25) is 14.4 Å². The van der Waals surface area contributed by atoms with Crippen LogP contribution in [-0.2, 0) is 71.8 Å². The molecule has 0 bridgehead atoms. The van der Waals surface area contributed by atoms with Crippen molar-refractivity contribution in [3.63, 3.8) is 0 Å². The lowest BCUT2D eigenvalue weighted by Crippen LogP contribution is -2.56. The second kappa shape index (κ2) is 40.1. The van der Waals surface area contributed by atoms with E-state index in [1.54, 1.807) is 24.5 Å². The summed E-state index contributed by atoms with van der Waals surface area (Å²) in [7, 11) is 6.09. The highest BCUT2D eigenvalue weighted by Crippen LogP contribution is 2.46. The maximum atomic E-state index is 14.9. The van der Waals surface area contributed by atoms with Gasteiger partial charge in [-0.25, -0.2) is 28.5 Å². The SMILES string of the molecule is [C-]#[N+]CC1CN(c2nc(OC[C@@H]3CCCN3C)nc3c2CCN(c2c(F)cccc2C(F)(F)F)C3)CCN1C(=O)C=C.[C-]#[N+]CC1CN(c2nc(OC[C@@H]3CCCN3C)nc3c2CCN(c2ccc(F)cc2C(F)(F)F)C3)CCN1C(=O)C=C.[C-]#[N+]CC1CN(c2nc(OC[C@@H]3CCCN3C)nc3c2CCN(c2cccc(Cl)c2C(F)(F)F)C3)CCN1C(=O)C=C. The first-order chi connectivity index (χ1) is 60.3. The number of piperazine rings is 3. The Hall–Kier alpha value is -11.4. The summed E-state index contributed by atoms with van der Waals surface area (Å²) in [4.78, 5) is 98.3. The lowest BCUT2D eigenvalue weighted by molar-refractivity contribution is -0.138. The van der Waals surface area contributed by atoms with Crippen LogP contribution in [0.5, 0.6) is 18.0 Å². The van der Waals surface area contributed by atoms with Crippen molar-refractivity contribution >= 4 is 63.8 Å². The molecular formula is C87H99ClF11N21O6. The molecule has 3 aromatic heterocycles. The van der Waals surface area contributed by atoms with Crippen molar-refractivity contribution in [1.82, 2.24) is 59.3 Å². The van der Waals surface area contributed by atoms with Crippen LogP contribution in [0, 0.1) is 31.4 Å². The Morgan fingerprint density at radius 2 is 0.825 bits per heavy atom. The van der Waals surface area contributed by atoms with Crippen LogP contribution in [0.4, 0.5) is 82.8 Å². The zero-order valence-electron chi connectivity index (χ0n) is 70.2. The Balaban J connectivity index is 0.000000162. The summed E-state index contributed by atoms with van der Waals surface area (Å²) in [5, 5.41) is -0.350. The zero-order chi connectivity index (χ0) is 90.1. The minimum absolute atomic E-state index is 0.00420. The molecule has 3 aromatic carbocycles. The first-order valence-corrected chi connectivity index (χ1v) is 42.2. The predicted molar refractivity (Wildman–Crippen MR) is 451 cm³/mol. The largest absolute Gasteiger partial charge is 0.462 e. The fourth-order valence-electron chi connectivity index (χ4n) is 18.1. The fourth-order valence-corrected chi connectivity index (χ4v) is 18.4. The number of carbonyl (C=O) groups is 3. The second-order valence-electron chi connectivity index (χ2n) is 32.5. The van der Waals surface area contributed by atoms with Crippen LogP contribution in [0.15, 0.2) is 92.6 Å². The molecule has 672 valence electrons. The number of likely N-dealkylation sites (N-methyl/N-ethyl adjacent to an activating group) is 3. The molecule has 9 aliphatic rings. The van der Waals surface area contributed by atoms with Gasteiger partial charge in [0.1, 0.15) is 67.0 Å². The van der Waals surface area contributed by atoms with E-state index in [4.69, 9.17) is 65.5 Å². The van der Waals surface area contributed by atoms with E-state index < -0.39 is 58.6 Å². The van der Waals surface area contributed by atoms with Crippen LogP contribution >= 0.6 is 11.6 Å². The quantitative estimate of drug-likeness (QED) is 0.0373. The summed E-state index contributed by atoms with van der Waals surface area (Å²) in [6.45, 7) is 41.6. The molecule has 0 saturated carbocycles. The molecule has 6 atom stereocenters. The second-order valence-corrected chi connectivity index (χ2v) is 32.9. The summed E-state index contributed by atoms with van der Waals surface area (Å²) < 4.78 is 172. The fraction of sp³-hybridized carbons (Fsp3) is 0.517. The number of hydrogen-bond acceptors (Lipinski definition) is 21. The molecular weight excluding hydrogens is 1680 g/mol. The molecule has 3 amide bonds. The summed E-state index contributed by atoms with van der Waals surface area (Å²) in [5.41, 5.74) is 0.393. The van der Waals surface area contributed by atoms with Gasteiger partial charge in [0.2, 0.25) is 37.4 Å². The van der Waals surface area contributed by atoms with Gasteiger partial charge in [-0.1, -0.05) is 43.5 Å². The molecule has 15 rings (SSSR count). The molecule has 0 spiro atoms. The average molecular weight is 1780 g/mol. The van der Waals surface area contributed by atoms with E-state index in [0.717, 1.165) is 105 Å². The number of amides is 3. The number of halogens is 12. The molecule has 126 heavy (non-hydrogen) atoms. The van der Waals surface area contributed by atoms with Crippen molar-refractivity contribution < 1.29 is 76.9 Å². The molecule has 0 radical (unpaired) electrons. The van der Waals surface area contributed by atoms with Crippen LogP contribution in [0.3, 0.4) is 0 Å². The lowest BCUT2D eigenvalue weighted by Gasteiger charge is -2.41. The number of aromatic nitrogens is 6. The van der Waals surface area contributed by atoms with Crippen LogP contribution in [-0.4, -0.2) is 272 Å². The number of carbonyl (C=O) groups excluding carboxylic acids is 3. The minimum Gasteiger partial charge on any atom is -0.462 e. The predicted octanol–water partition coefficient (Wildman–Crippen LogP) is 11.9. The Labute approximate surface area is 729 Å².